The third-order valence-corrected chi connectivity index (χ3v) is 19.7. The van der Waals surface area contributed by atoms with Gasteiger partial charge in [-0.1, -0.05) is 69.6 Å². The van der Waals surface area contributed by atoms with Crippen molar-refractivity contribution in [1.82, 2.24) is 9.73 Å². The van der Waals surface area contributed by atoms with E-state index in [1.807, 2.05) is 0 Å². The molecule has 108 valence electrons. The lowest BCUT2D eigenvalue weighted by Gasteiger charge is -2.37. The van der Waals surface area contributed by atoms with Crippen LogP contribution in [0.1, 0.15) is 4.91 Å². The Bertz CT molecular complexity index is 554. The molecule has 1 aromatic heterocycles. The fourth-order valence-electron chi connectivity index (χ4n) is 3.27. The van der Waals surface area contributed by atoms with Crippen molar-refractivity contribution in [1.29, 1.82) is 0 Å². The second kappa shape index (κ2) is 5.59. The summed E-state index contributed by atoms with van der Waals surface area (Å²) in [5, 5.41) is 0. The number of rotatable bonds is 4. The number of hydrogen-bond acceptors (Lipinski definition) is 2. The van der Waals surface area contributed by atoms with E-state index in [-0.39, 0.29) is 0 Å². The van der Waals surface area contributed by atoms with E-state index in [0.717, 1.165) is 4.91 Å². The summed E-state index contributed by atoms with van der Waals surface area (Å²) in [6, 6.07) is 10.6. The summed E-state index contributed by atoms with van der Waals surface area (Å²) in [4.78, 5) is 5.41. The summed E-state index contributed by atoms with van der Waals surface area (Å²) in [5.41, 5.74) is 2.51. The molecule has 2 nitrogen and oxygen atoms in total. The van der Waals surface area contributed by atoms with Crippen molar-refractivity contribution in [2.75, 3.05) is 0 Å². The highest BCUT2D eigenvalue weighted by Crippen LogP contribution is 2.53. The first-order valence-corrected chi connectivity index (χ1v) is 15.7. The first kappa shape index (κ1) is 15.7. The molecular formula is C15H25N2PSi2. The molecule has 0 N–H and O–H groups in total. The minimum atomic E-state index is -1.27. The number of aromatic nitrogens is 2. The Labute approximate surface area is 125 Å². The molecule has 2 aromatic rings. The van der Waals surface area contributed by atoms with Crippen molar-refractivity contribution in [3.63, 3.8) is 0 Å². The molecule has 1 atom stereocenters. The van der Waals surface area contributed by atoms with Crippen LogP contribution in [0.2, 0.25) is 39.3 Å². The molecule has 0 fully saturated rings. The van der Waals surface area contributed by atoms with Crippen LogP contribution in [0.5, 0.6) is 0 Å². The quantitative estimate of drug-likeness (QED) is 0.702. The lowest BCUT2D eigenvalue weighted by Crippen LogP contribution is -2.43. The first-order valence-electron chi connectivity index (χ1n) is 7.16. The maximum Gasteiger partial charge on any atom is 0.120 e. The normalized spacial score (nSPS) is 13.8. The van der Waals surface area contributed by atoms with Crippen LogP contribution in [-0.2, 0) is 0 Å². The summed E-state index contributed by atoms with van der Waals surface area (Å²) >= 11 is 0. The average Bonchev–Trinajstić information content (AvgIpc) is 2.75. The van der Waals surface area contributed by atoms with Gasteiger partial charge in [0, 0.05) is 10.5 Å². The van der Waals surface area contributed by atoms with Crippen molar-refractivity contribution in [3.8, 4) is 11.0 Å². The fraction of sp³-hybridized carbons (Fsp3) is 0.467. The molecule has 0 saturated heterocycles. The van der Waals surface area contributed by atoms with Crippen molar-refractivity contribution < 1.29 is 0 Å². The molecular weight excluding hydrogens is 295 g/mol. The predicted molar refractivity (Wildman–Crippen MR) is 95.9 cm³/mol. The molecule has 0 aliphatic carbocycles. The molecule has 0 bridgehead atoms. The maximum absolute atomic E-state index is 4.83. The Kier molecular flexibility index (Phi) is 4.38. The molecule has 0 amide bonds. The van der Waals surface area contributed by atoms with Crippen LogP contribution in [0, 0.1) is 0 Å². The van der Waals surface area contributed by atoms with Gasteiger partial charge >= 0.3 is 0 Å². The summed E-state index contributed by atoms with van der Waals surface area (Å²) < 4.78 is 4.83. The van der Waals surface area contributed by atoms with Gasteiger partial charge in [-0.15, -0.1) is 0 Å². The van der Waals surface area contributed by atoms with Gasteiger partial charge in [0.25, 0.3) is 0 Å². The number of benzene rings is 1. The molecule has 0 aliphatic heterocycles. The van der Waals surface area contributed by atoms with Crippen LogP contribution < -0.4 is 0 Å². The molecule has 0 saturated carbocycles. The standard InChI is InChI=1S/C15H25N2PSi2/c1-19(2,3)15(20(4,5)6)18-14(16-12-17-18)13-10-8-7-9-11-13/h7-12,15H,1-6H3. The molecule has 20 heavy (non-hydrogen) atoms. The zero-order chi connectivity index (χ0) is 15.0. The van der Waals surface area contributed by atoms with E-state index in [4.69, 9.17) is 4.75 Å². The minimum Gasteiger partial charge on any atom is -0.230 e. The van der Waals surface area contributed by atoms with Crippen LogP contribution in [0.4, 0.5) is 0 Å². The van der Waals surface area contributed by atoms with Gasteiger partial charge < -0.3 is 0 Å². The van der Waals surface area contributed by atoms with E-state index in [0.29, 0.717) is 0 Å². The van der Waals surface area contributed by atoms with E-state index in [9.17, 15) is 0 Å². The van der Waals surface area contributed by atoms with Crippen LogP contribution in [0.3, 0.4) is 0 Å². The van der Waals surface area contributed by atoms with Crippen LogP contribution in [-0.4, -0.2) is 25.9 Å². The summed E-state index contributed by atoms with van der Waals surface area (Å²) in [6.07, 6.45) is 1.81. The van der Waals surface area contributed by atoms with Gasteiger partial charge in [-0.05, 0) is 7.69 Å². The highest BCUT2D eigenvalue weighted by atomic mass is 31.1. The Morgan fingerprint density at radius 2 is 1.45 bits per heavy atom. The van der Waals surface area contributed by atoms with Gasteiger partial charge in [0.05, 0.1) is 16.1 Å². The number of hydrogen-bond donors (Lipinski definition) is 0. The predicted octanol–water partition coefficient (Wildman–Crippen LogP) is 5.43. The lowest BCUT2D eigenvalue weighted by molar-refractivity contribution is 1.32. The van der Waals surface area contributed by atoms with Gasteiger partial charge in [-0.25, -0.2) is 9.73 Å². The van der Waals surface area contributed by atoms with Gasteiger partial charge in [0.2, 0.25) is 0 Å². The molecule has 1 aromatic carbocycles. The minimum absolute atomic E-state index is 0.481. The van der Waals surface area contributed by atoms with Crippen LogP contribution >= 0.6 is 7.69 Å². The Hall–Kier alpha value is -0.706. The average molecular weight is 321 g/mol. The second-order valence-corrected chi connectivity index (χ2v) is 21.6. The highest BCUT2D eigenvalue weighted by Gasteiger charge is 2.41. The van der Waals surface area contributed by atoms with E-state index in [1.54, 1.807) is 6.33 Å². The van der Waals surface area contributed by atoms with Gasteiger partial charge in [-0.3, -0.25) is 0 Å². The van der Waals surface area contributed by atoms with Gasteiger partial charge in [0.1, 0.15) is 11.8 Å². The van der Waals surface area contributed by atoms with E-state index >= 15 is 0 Å². The molecule has 0 radical (unpaired) electrons. The van der Waals surface area contributed by atoms with Gasteiger partial charge in [0.15, 0.2) is 0 Å². The van der Waals surface area contributed by atoms with E-state index in [1.165, 1.54) is 11.0 Å². The second-order valence-electron chi connectivity index (χ2n) is 7.53. The number of nitrogens with zero attached hydrogens (tertiary/aromatic N) is 2. The summed E-state index contributed by atoms with van der Waals surface area (Å²) in [5.74, 6) is 0. The summed E-state index contributed by atoms with van der Waals surface area (Å²) in [7, 11) is -3.01. The fourth-order valence-corrected chi connectivity index (χ4v) is 21.9. The lowest BCUT2D eigenvalue weighted by atomic mass is 10.2. The molecule has 1 heterocycles. The molecule has 5 heteroatoms. The Balaban J connectivity index is 2.55. The van der Waals surface area contributed by atoms with E-state index in [2.05, 4.69) is 74.6 Å². The smallest absolute Gasteiger partial charge is 0.120 e. The summed E-state index contributed by atoms with van der Waals surface area (Å²) in [6.45, 7) is 15.0. The molecule has 0 spiro atoms. The molecule has 1 unspecified atom stereocenters. The molecule has 0 aliphatic rings. The third kappa shape index (κ3) is 3.30. The van der Waals surface area contributed by atoms with Crippen molar-refractivity contribution >= 4 is 23.8 Å². The maximum atomic E-state index is 4.83. The third-order valence-electron chi connectivity index (χ3n) is 3.49. The van der Waals surface area contributed by atoms with Crippen LogP contribution in [0.25, 0.3) is 11.0 Å². The van der Waals surface area contributed by atoms with E-state index < -0.39 is 23.8 Å². The van der Waals surface area contributed by atoms with Crippen LogP contribution in [0.15, 0.2) is 36.7 Å². The van der Waals surface area contributed by atoms with Gasteiger partial charge in [-0.2, -0.15) is 0 Å². The topological polar surface area (TPSA) is 25.8 Å². The largest absolute Gasteiger partial charge is 0.230 e. The first-order chi connectivity index (χ1) is 9.21. The zero-order valence-electron chi connectivity index (χ0n) is 13.4. The highest BCUT2D eigenvalue weighted by molar-refractivity contribution is 7.56. The molecule has 2 rings (SSSR count). The SMILES string of the molecule is C[Si](C)(C)C(p1ncnc1-c1ccccc1)[Si](C)(C)C. The van der Waals surface area contributed by atoms with Crippen molar-refractivity contribution in [3.05, 3.63) is 36.7 Å². The van der Waals surface area contributed by atoms with Crippen molar-refractivity contribution in [2.45, 2.75) is 44.2 Å². The zero-order valence-corrected chi connectivity index (χ0v) is 16.3. The monoisotopic (exact) mass is 320 g/mol. The Morgan fingerprint density at radius 1 is 0.900 bits per heavy atom. The Morgan fingerprint density at radius 3 is 1.95 bits per heavy atom. The van der Waals surface area contributed by atoms with Crippen molar-refractivity contribution in [2.24, 2.45) is 0 Å².